The van der Waals surface area contributed by atoms with Crippen molar-refractivity contribution in [3.05, 3.63) is 5.38 Å². The lowest BCUT2D eigenvalue weighted by Crippen LogP contribution is -2.35. The number of aliphatic hydroxyl groups excluding tert-OH is 1. The maximum atomic E-state index is 11.8. The Kier molecular flexibility index (Phi) is 6.34. The first-order chi connectivity index (χ1) is 9.23. The molecule has 0 saturated carbocycles. The Morgan fingerprint density at radius 3 is 2.70 bits per heavy atom. The summed E-state index contributed by atoms with van der Waals surface area (Å²) < 4.78 is 30.0. The molecule has 0 fully saturated rings. The quantitative estimate of drug-likeness (QED) is 0.707. The molecule has 1 aromatic heterocycles. The normalized spacial score (nSPS) is 13.9. The minimum Gasteiger partial charge on any atom is -0.467 e. The van der Waals surface area contributed by atoms with Gasteiger partial charge in [0.1, 0.15) is 12.7 Å². The topological polar surface area (TPSA) is 91.8 Å². The molecule has 116 valence electrons. The van der Waals surface area contributed by atoms with Gasteiger partial charge in [0.15, 0.2) is 5.03 Å². The number of hydrogen-bond acceptors (Lipinski definition) is 7. The zero-order valence-corrected chi connectivity index (χ0v) is 13.7. The van der Waals surface area contributed by atoms with E-state index >= 15 is 0 Å². The number of nitrogens with one attached hydrogen (secondary N) is 1. The Balaban J connectivity index is 2.53. The van der Waals surface area contributed by atoms with Crippen LogP contribution < -0.4 is 10.1 Å². The van der Waals surface area contributed by atoms with Crippen LogP contribution in [-0.4, -0.2) is 62.2 Å². The highest BCUT2D eigenvalue weighted by molar-refractivity contribution is 7.89. The largest absolute Gasteiger partial charge is 0.467 e. The summed E-state index contributed by atoms with van der Waals surface area (Å²) in [4.78, 5) is 3.91. The van der Waals surface area contributed by atoms with E-state index < -0.39 is 16.1 Å². The van der Waals surface area contributed by atoms with E-state index in [-0.39, 0.29) is 22.9 Å². The van der Waals surface area contributed by atoms with Crippen molar-refractivity contribution in [1.29, 1.82) is 0 Å². The summed E-state index contributed by atoms with van der Waals surface area (Å²) in [5, 5.41) is 14.4. The maximum absolute atomic E-state index is 11.8. The molecule has 0 spiro atoms. The molecular formula is C11H21N3O4S2. The van der Waals surface area contributed by atoms with Crippen molar-refractivity contribution in [3.63, 3.8) is 0 Å². The molecule has 0 aliphatic carbocycles. The van der Waals surface area contributed by atoms with Crippen LogP contribution in [0.15, 0.2) is 10.4 Å². The van der Waals surface area contributed by atoms with Gasteiger partial charge in [0.05, 0.1) is 0 Å². The second kappa shape index (κ2) is 7.32. The minimum absolute atomic E-state index is 0.0442. The van der Waals surface area contributed by atoms with E-state index in [2.05, 4.69) is 10.3 Å². The van der Waals surface area contributed by atoms with Crippen LogP contribution >= 0.6 is 11.3 Å². The summed E-state index contributed by atoms with van der Waals surface area (Å²) in [7, 11) is -0.656. The van der Waals surface area contributed by atoms with Gasteiger partial charge in [0, 0.05) is 32.1 Å². The van der Waals surface area contributed by atoms with Crippen LogP contribution in [0.25, 0.3) is 0 Å². The van der Waals surface area contributed by atoms with Gasteiger partial charge in [0.2, 0.25) is 0 Å². The van der Waals surface area contributed by atoms with Gasteiger partial charge < -0.3 is 15.2 Å². The molecule has 1 unspecified atom stereocenters. The van der Waals surface area contributed by atoms with E-state index in [9.17, 15) is 13.5 Å². The molecule has 1 heterocycles. The average molecular weight is 323 g/mol. The van der Waals surface area contributed by atoms with Crippen LogP contribution in [0.2, 0.25) is 0 Å². The highest BCUT2D eigenvalue weighted by atomic mass is 32.2. The van der Waals surface area contributed by atoms with Gasteiger partial charge in [0.25, 0.3) is 15.2 Å². The van der Waals surface area contributed by atoms with E-state index in [4.69, 9.17) is 4.74 Å². The van der Waals surface area contributed by atoms with Crippen molar-refractivity contribution >= 4 is 21.4 Å². The highest BCUT2D eigenvalue weighted by Crippen LogP contribution is 2.22. The standard InChI is InChI=1S/C11H21N3O4S2/c1-8(2)12-5-9(15)6-18-11-13-10(7-19-11)20(16,17)14(3)4/h7-9,12,15H,5-6H2,1-4H3. The van der Waals surface area contributed by atoms with Crippen LogP contribution in [0.1, 0.15) is 13.8 Å². The molecule has 7 nitrogen and oxygen atoms in total. The van der Waals surface area contributed by atoms with Crippen molar-refractivity contribution in [2.24, 2.45) is 0 Å². The van der Waals surface area contributed by atoms with Crippen molar-refractivity contribution in [2.75, 3.05) is 27.2 Å². The minimum atomic E-state index is -3.54. The predicted molar refractivity (Wildman–Crippen MR) is 77.6 cm³/mol. The Morgan fingerprint density at radius 2 is 2.15 bits per heavy atom. The molecule has 1 atom stereocenters. The molecule has 1 rings (SSSR count). The average Bonchev–Trinajstić information content (AvgIpc) is 2.83. The van der Waals surface area contributed by atoms with Crippen LogP contribution in [0.5, 0.6) is 5.19 Å². The Morgan fingerprint density at radius 1 is 1.50 bits per heavy atom. The zero-order valence-electron chi connectivity index (χ0n) is 12.0. The van der Waals surface area contributed by atoms with Crippen LogP contribution in [0, 0.1) is 0 Å². The number of aromatic nitrogens is 1. The monoisotopic (exact) mass is 323 g/mol. The van der Waals surface area contributed by atoms with Gasteiger partial charge in [-0.2, -0.15) is 4.98 Å². The van der Waals surface area contributed by atoms with E-state index in [0.717, 1.165) is 15.6 Å². The zero-order chi connectivity index (χ0) is 15.3. The lowest BCUT2D eigenvalue weighted by Gasteiger charge is -2.13. The molecule has 2 N–H and O–H groups in total. The smallest absolute Gasteiger partial charge is 0.274 e. The summed E-state index contributed by atoms with van der Waals surface area (Å²) in [6.45, 7) is 4.43. The molecule has 0 aromatic carbocycles. The maximum Gasteiger partial charge on any atom is 0.274 e. The number of thiazole rings is 1. The lowest BCUT2D eigenvalue weighted by atomic mass is 10.3. The fourth-order valence-corrected chi connectivity index (χ4v) is 3.02. The fourth-order valence-electron chi connectivity index (χ4n) is 1.21. The first-order valence-electron chi connectivity index (χ1n) is 6.15. The van der Waals surface area contributed by atoms with E-state index in [1.54, 1.807) is 0 Å². The number of ether oxygens (including phenoxy) is 1. The first kappa shape index (κ1) is 17.3. The number of aliphatic hydroxyl groups is 1. The summed E-state index contributed by atoms with van der Waals surface area (Å²) in [5.41, 5.74) is 0. The van der Waals surface area contributed by atoms with Crippen molar-refractivity contribution in [2.45, 2.75) is 31.0 Å². The second-order valence-electron chi connectivity index (χ2n) is 4.77. The Labute approximate surface area is 123 Å². The van der Waals surface area contributed by atoms with Crippen LogP contribution in [0.3, 0.4) is 0 Å². The third kappa shape index (κ3) is 4.98. The van der Waals surface area contributed by atoms with Gasteiger partial charge in [-0.1, -0.05) is 25.2 Å². The molecule has 0 aliphatic rings. The van der Waals surface area contributed by atoms with Crippen molar-refractivity contribution in [3.8, 4) is 5.19 Å². The van der Waals surface area contributed by atoms with Gasteiger partial charge in [-0.05, 0) is 0 Å². The SMILES string of the molecule is CC(C)NCC(O)COc1nc(S(=O)(=O)N(C)C)cs1. The molecule has 0 amide bonds. The van der Waals surface area contributed by atoms with Crippen molar-refractivity contribution < 1.29 is 18.3 Å². The number of hydrogen-bond donors (Lipinski definition) is 2. The molecular weight excluding hydrogens is 302 g/mol. The molecule has 0 aliphatic heterocycles. The summed E-state index contributed by atoms with van der Waals surface area (Å²) in [5.74, 6) is 0. The van der Waals surface area contributed by atoms with Gasteiger partial charge in [-0.25, -0.2) is 12.7 Å². The molecule has 20 heavy (non-hydrogen) atoms. The summed E-state index contributed by atoms with van der Waals surface area (Å²) in [6.07, 6.45) is -0.671. The number of rotatable bonds is 8. The summed E-state index contributed by atoms with van der Waals surface area (Å²) >= 11 is 1.09. The Bertz CT molecular complexity index is 513. The predicted octanol–water partition coefficient (Wildman–Crippen LogP) is 0.131. The van der Waals surface area contributed by atoms with E-state index in [1.165, 1.54) is 19.5 Å². The fraction of sp³-hybridized carbons (Fsp3) is 0.727. The summed E-state index contributed by atoms with van der Waals surface area (Å²) in [6, 6.07) is 0.279. The number of sulfonamides is 1. The molecule has 1 aromatic rings. The Hall–Kier alpha value is -0.740. The van der Waals surface area contributed by atoms with Crippen molar-refractivity contribution in [1.82, 2.24) is 14.6 Å². The lowest BCUT2D eigenvalue weighted by molar-refractivity contribution is 0.104. The molecule has 0 bridgehead atoms. The first-order valence-corrected chi connectivity index (χ1v) is 8.47. The molecule has 0 radical (unpaired) electrons. The van der Waals surface area contributed by atoms with Gasteiger partial charge in [-0.15, -0.1) is 0 Å². The second-order valence-corrected chi connectivity index (χ2v) is 7.69. The molecule has 9 heteroatoms. The number of nitrogens with zero attached hydrogens (tertiary/aromatic N) is 2. The van der Waals surface area contributed by atoms with Gasteiger partial charge >= 0.3 is 0 Å². The van der Waals surface area contributed by atoms with E-state index in [1.807, 2.05) is 13.8 Å². The van der Waals surface area contributed by atoms with Crippen LogP contribution in [0.4, 0.5) is 0 Å². The third-order valence-corrected chi connectivity index (χ3v) is 4.97. The third-order valence-electron chi connectivity index (χ3n) is 2.37. The van der Waals surface area contributed by atoms with Crippen LogP contribution in [-0.2, 0) is 10.0 Å². The van der Waals surface area contributed by atoms with E-state index in [0.29, 0.717) is 6.54 Å². The molecule has 0 saturated heterocycles. The highest BCUT2D eigenvalue weighted by Gasteiger charge is 2.21. The van der Waals surface area contributed by atoms with Gasteiger partial charge in [-0.3, -0.25) is 0 Å².